The molecule has 0 spiro atoms. The lowest BCUT2D eigenvalue weighted by molar-refractivity contribution is 0.546. The van der Waals surface area contributed by atoms with Crippen molar-refractivity contribution in [2.75, 3.05) is 17.2 Å². The molecule has 2 heterocycles. The largest absolute Gasteiger partial charge is 0.370 e. The van der Waals surface area contributed by atoms with E-state index < -0.39 is 0 Å². The molecule has 2 aromatic heterocycles. The van der Waals surface area contributed by atoms with E-state index >= 15 is 0 Å². The van der Waals surface area contributed by atoms with Crippen molar-refractivity contribution < 1.29 is 0 Å². The highest BCUT2D eigenvalue weighted by Crippen LogP contribution is 2.22. The van der Waals surface area contributed by atoms with Crippen molar-refractivity contribution in [1.29, 1.82) is 0 Å². The molecular formula is C16H23N5. The van der Waals surface area contributed by atoms with Gasteiger partial charge in [0.05, 0.1) is 0 Å². The third-order valence-corrected chi connectivity index (χ3v) is 2.95. The molecule has 5 nitrogen and oxygen atoms in total. The standard InChI is InChI=1S/C16H23N5/c1-5-18-13-9-14(21-15(20-13)16(2,3)4)19-11-12-7-6-8-17-10-12/h6-10H,5,11H2,1-4H3,(H2,18,19,20,21). The zero-order chi connectivity index (χ0) is 15.3. The van der Waals surface area contributed by atoms with E-state index in [-0.39, 0.29) is 5.41 Å². The average Bonchev–Trinajstić information content (AvgIpc) is 2.45. The van der Waals surface area contributed by atoms with Crippen molar-refractivity contribution in [3.05, 3.63) is 42.0 Å². The van der Waals surface area contributed by atoms with Crippen LogP contribution in [0.3, 0.4) is 0 Å². The Hall–Kier alpha value is -2.17. The highest BCUT2D eigenvalue weighted by molar-refractivity contribution is 5.48. The molecule has 2 rings (SSSR count). The highest BCUT2D eigenvalue weighted by Gasteiger charge is 2.19. The minimum atomic E-state index is -0.0871. The second-order valence-electron chi connectivity index (χ2n) is 5.96. The van der Waals surface area contributed by atoms with Gasteiger partial charge >= 0.3 is 0 Å². The Balaban J connectivity index is 2.19. The van der Waals surface area contributed by atoms with Crippen LogP contribution in [0.2, 0.25) is 0 Å². The molecule has 0 fully saturated rings. The molecule has 0 aliphatic carbocycles. The van der Waals surface area contributed by atoms with Crippen LogP contribution in [-0.4, -0.2) is 21.5 Å². The Kier molecular flexibility index (Phi) is 4.73. The van der Waals surface area contributed by atoms with Crippen molar-refractivity contribution in [1.82, 2.24) is 15.0 Å². The zero-order valence-corrected chi connectivity index (χ0v) is 13.1. The molecule has 0 aliphatic heterocycles. The van der Waals surface area contributed by atoms with E-state index in [1.807, 2.05) is 24.4 Å². The molecular weight excluding hydrogens is 262 g/mol. The van der Waals surface area contributed by atoms with Gasteiger partial charge in [-0.3, -0.25) is 4.98 Å². The van der Waals surface area contributed by atoms with Crippen LogP contribution < -0.4 is 10.6 Å². The number of nitrogens with one attached hydrogen (secondary N) is 2. The first kappa shape index (κ1) is 15.2. The van der Waals surface area contributed by atoms with Gasteiger partial charge < -0.3 is 10.6 Å². The molecule has 0 saturated heterocycles. The number of nitrogens with zero attached hydrogens (tertiary/aromatic N) is 3. The molecule has 0 atom stereocenters. The van der Waals surface area contributed by atoms with Crippen LogP contribution >= 0.6 is 0 Å². The fraction of sp³-hybridized carbons (Fsp3) is 0.438. The SMILES string of the molecule is CCNc1cc(NCc2cccnc2)nc(C(C)(C)C)n1. The molecule has 21 heavy (non-hydrogen) atoms. The summed E-state index contributed by atoms with van der Waals surface area (Å²) in [5, 5.41) is 6.60. The Morgan fingerprint density at radius 3 is 2.38 bits per heavy atom. The minimum absolute atomic E-state index is 0.0871. The van der Waals surface area contributed by atoms with Gasteiger partial charge in [-0.05, 0) is 18.6 Å². The van der Waals surface area contributed by atoms with Gasteiger partial charge in [-0.2, -0.15) is 0 Å². The fourth-order valence-electron chi connectivity index (χ4n) is 1.84. The molecule has 0 bridgehead atoms. The highest BCUT2D eigenvalue weighted by atomic mass is 15.1. The quantitative estimate of drug-likeness (QED) is 0.883. The summed E-state index contributed by atoms with van der Waals surface area (Å²) in [5.74, 6) is 2.51. The summed E-state index contributed by atoms with van der Waals surface area (Å²) >= 11 is 0. The topological polar surface area (TPSA) is 62.7 Å². The average molecular weight is 285 g/mol. The van der Waals surface area contributed by atoms with Gasteiger partial charge in [0, 0.05) is 37.0 Å². The Morgan fingerprint density at radius 2 is 1.81 bits per heavy atom. The molecule has 0 radical (unpaired) electrons. The number of hydrogen-bond donors (Lipinski definition) is 2. The van der Waals surface area contributed by atoms with E-state index in [1.165, 1.54) is 0 Å². The number of anilines is 2. The zero-order valence-electron chi connectivity index (χ0n) is 13.1. The minimum Gasteiger partial charge on any atom is -0.370 e. The molecule has 2 aromatic rings. The van der Waals surface area contributed by atoms with Crippen molar-refractivity contribution >= 4 is 11.6 Å². The summed E-state index contributed by atoms with van der Waals surface area (Å²) < 4.78 is 0. The van der Waals surface area contributed by atoms with E-state index in [2.05, 4.69) is 53.3 Å². The molecule has 5 heteroatoms. The lowest BCUT2D eigenvalue weighted by Crippen LogP contribution is -2.18. The van der Waals surface area contributed by atoms with Gasteiger partial charge in [-0.25, -0.2) is 9.97 Å². The van der Waals surface area contributed by atoms with Crippen LogP contribution in [-0.2, 0) is 12.0 Å². The van der Waals surface area contributed by atoms with E-state index in [1.54, 1.807) is 6.20 Å². The summed E-state index contributed by atoms with van der Waals surface area (Å²) in [5.41, 5.74) is 1.04. The first-order valence-electron chi connectivity index (χ1n) is 7.25. The van der Waals surface area contributed by atoms with Crippen molar-refractivity contribution in [3.63, 3.8) is 0 Å². The third-order valence-electron chi connectivity index (χ3n) is 2.95. The van der Waals surface area contributed by atoms with Gasteiger partial charge in [0.1, 0.15) is 17.5 Å². The summed E-state index contributed by atoms with van der Waals surface area (Å²) in [6.45, 7) is 9.93. The lowest BCUT2D eigenvalue weighted by Gasteiger charge is -2.19. The molecule has 0 saturated carbocycles. The number of rotatable bonds is 5. The van der Waals surface area contributed by atoms with Gasteiger partial charge in [-0.15, -0.1) is 0 Å². The van der Waals surface area contributed by atoms with E-state index in [0.717, 1.165) is 29.6 Å². The molecule has 2 N–H and O–H groups in total. The van der Waals surface area contributed by atoms with Crippen molar-refractivity contribution in [2.45, 2.75) is 39.7 Å². The van der Waals surface area contributed by atoms with Gasteiger partial charge in [0.15, 0.2) is 0 Å². The van der Waals surface area contributed by atoms with E-state index in [9.17, 15) is 0 Å². The maximum atomic E-state index is 4.62. The maximum absolute atomic E-state index is 4.62. The van der Waals surface area contributed by atoms with Crippen molar-refractivity contribution in [3.8, 4) is 0 Å². The Bertz CT molecular complexity index is 575. The van der Waals surface area contributed by atoms with Gasteiger partial charge in [-0.1, -0.05) is 26.8 Å². The van der Waals surface area contributed by atoms with Crippen LogP contribution in [0, 0.1) is 0 Å². The van der Waals surface area contributed by atoms with Gasteiger partial charge in [0.25, 0.3) is 0 Å². The Morgan fingerprint density at radius 1 is 1.10 bits per heavy atom. The normalized spacial score (nSPS) is 11.2. The predicted octanol–water partition coefficient (Wildman–Crippen LogP) is 3.21. The molecule has 0 unspecified atom stereocenters. The summed E-state index contributed by atoms with van der Waals surface area (Å²) in [6.07, 6.45) is 3.62. The molecule has 0 aliphatic rings. The number of aromatic nitrogens is 3. The van der Waals surface area contributed by atoms with Gasteiger partial charge in [0.2, 0.25) is 0 Å². The van der Waals surface area contributed by atoms with Crippen LogP contribution in [0.1, 0.15) is 39.1 Å². The second-order valence-corrected chi connectivity index (χ2v) is 5.96. The number of hydrogen-bond acceptors (Lipinski definition) is 5. The predicted molar refractivity (Wildman–Crippen MR) is 86.5 cm³/mol. The van der Waals surface area contributed by atoms with Crippen LogP contribution in [0.25, 0.3) is 0 Å². The number of pyridine rings is 1. The second kappa shape index (κ2) is 6.52. The summed E-state index contributed by atoms with van der Waals surface area (Å²) in [7, 11) is 0. The van der Waals surface area contributed by atoms with E-state index in [0.29, 0.717) is 6.54 Å². The molecule has 0 aromatic carbocycles. The first-order valence-corrected chi connectivity index (χ1v) is 7.25. The lowest BCUT2D eigenvalue weighted by atomic mass is 9.96. The third kappa shape index (κ3) is 4.41. The van der Waals surface area contributed by atoms with Crippen LogP contribution in [0.15, 0.2) is 30.6 Å². The molecule has 0 amide bonds. The fourth-order valence-corrected chi connectivity index (χ4v) is 1.84. The summed E-state index contributed by atoms with van der Waals surface area (Å²) in [6, 6.07) is 5.91. The monoisotopic (exact) mass is 285 g/mol. The smallest absolute Gasteiger partial charge is 0.138 e. The van der Waals surface area contributed by atoms with Crippen LogP contribution in [0.5, 0.6) is 0 Å². The Labute approximate surface area is 126 Å². The maximum Gasteiger partial charge on any atom is 0.138 e. The first-order chi connectivity index (χ1) is 9.99. The van der Waals surface area contributed by atoms with Crippen molar-refractivity contribution in [2.24, 2.45) is 0 Å². The molecule has 112 valence electrons. The van der Waals surface area contributed by atoms with E-state index in [4.69, 9.17) is 0 Å². The summed E-state index contributed by atoms with van der Waals surface area (Å²) in [4.78, 5) is 13.3. The van der Waals surface area contributed by atoms with Crippen LogP contribution in [0.4, 0.5) is 11.6 Å².